The van der Waals surface area contributed by atoms with Crippen molar-refractivity contribution in [3.05, 3.63) is 0 Å². The molecule has 0 amide bonds. The Morgan fingerprint density at radius 3 is 1.80 bits per heavy atom. The summed E-state index contributed by atoms with van der Waals surface area (Å²) in [7, 11) is 0. The van der Waals surface area contributed by atoms with Crippen LogP contribution >= 0.6 is 0 Å². The van der Waals surface area contributed by atoms with Crippen LogP contribution < -0.4 is 10.6 Å². The van der Waals surface area contributed by atoms with E-state index in [0.717, 1.165) is 6.04 Å². The molecule has 0 bridgehead atoms. The first-order valence-electron chi connectivity index (χ1n) is 6.83. The number of hydrogen-bond donors (Lipinski definition) is 2. The molecule has 2 rings (SSSR count). The molecule has 0 aromatic rings. The lowest BCUT2D eigenvalue weighted by molar-refractivity contribution is 0.425. The van der Waals surface area contributed by atoms with Crippen molar-refractivity contribution in [2.75, 3.05) is 19.6 Å². The van der Waals surface area contributed by atoms with Crippen molar-refractivity contribution in [3.63, 3.8) is 0 Å². The Morgan fingerprint density at radius 2 is 1.33 bits per heavy atom. The summed E-state index contributed by atoms with van der Waals surface area (Å²) >= 11 is 0. The topological polar surface area (TPSA) is 24.1 Å². The van der Waals surface area contributed by atoms with Crippen LogP contribution in [-0.2, 0) is 0 Å². The van der Waals surface area contributed by atoms with Gasteiger partial charge in [0.25, 0.3) is 0 Å². The molecule has 2 aliphatic rings. The fraction of sp³-hybridized carbons (Fsp3) is 1.00. The molecule has 2 N–H and O–H groups in total. The molecule has 15 heavy (non-hydrogen) atoms. The van der Waals surface area contributed by atoms with Gasteiger partial charge in [0.05, 0.1) is 0 Å². The summed E-state index contributed by atoms with van der Waals surface area (Å²) in [6, 6.07) is 0.786. The van der Waals surface area contributed by atoms with Crippen LogP contribution in [0, 0.1) is 0 Å². The van der Waals surface area contributed by atoms with E-state index in [9.17, 15) is 0 Å². The minimum atomic E-state index is 0.786. The summed E-state index contributed by atoms with van der Waals surface area (Å²) in [5, 5.41) is 6.77. The molecule has 1 atom stereocenters. The molecular formula is C13H28N2. The lowest BCUT2D eigenvalue weighted by atomic mass is 10.1. The lowest BCUT2D eigenvalue weighted by Gasteiger charge is -2.18. The van der Waals surface area contributed by atoms with E-state index in [0.29, 0.717) is 0 Å². The van der Waals surface area contributed by atoms with Gasteiger partial charge in [-0.25, -0.2) is 0 Å². The van der Waals surface area contributed by atoms with Crippen molar-refractivity contribution < 1.29 is 0 Å². The van der Waals surface area contributed by atoms with Gasteiger partial charge in [0, 0.05) is 6.04 Å². The minimum absolute atomic E-state index is 0.786. The number of nitrogens with one attached hydrogen (secondary N) is 2. The summed E-state index contributed by atoms with van der Waals surface area (Å²) in [5.74, 6) is 0. The average molecular weight is 212 g/mol. The van der Waals surface area contributed by atoms with Crippen molar-refractivity contribution >= 4 is 0 Å². The second-order valence-corrected chi connectivity index (χ2v) is 4.87. The Labute approximate surface area is 95.2 Å². The van der Waals surface area contributed by atoms with Gasteiger partial charge >= 0.3 is 0 Å². The van der Waals surface area contributed by atoms with Crippen LogP contribution in [0.1, 0.15) is 58.3 Å². The van der Waals surface area contributed by atoms with E-state index in [1.54, 1.807) is 0 Å². The van der Waals surface area contributed by atoms with E-state index in [1.807, 2.05) is 0 Å². The van der Waals surface area contributed by atoms with Gasteiger partial charge in [-0.1, -0.05) is 25.7 Å². The maximum absolute atomic E-state index is 3.39. The molecule has 2 fully saturated rings. The van der Waals surface area contributed by atoms with E-state index in [4.69, 9.17) is 0 Å². The van der Waals surface area contributed by atoms with E-state index >= 15 is 0 Å². The molecule has 0 saturated carbocycles. The first-order chi connectivity index (χ1) is 7.39. The molecule has 2 heterocycles. The molecule has 0 radical (unpaired) electrons. The summed E-state index contributed by atoms with van der Waals surface area (Å²) in [6.07, 6.45) is 11.3. The Morgan fingerprint density at radius 1 is 0.733 bits per heavy atom. The zero-order chi connectivity index (χ0) is 10.8. The Balaban J connectivity index is 0.000000151. The second kappa shape index (κ2) is 9.17. The van der Waals surface area contributed by atoms with Gasteiger partial charge in [-0.2, -0.15) is 0 Å². The van der Waals surface area contributed by atoms with Crippen LogP contribution in [0.4, 0.5) is 0 Å². The average Bonchev–Trinajstić information content (AvgIpc) is 2.18. The highest BCUT2D eigenvalue weighted by atomic mass is 14.9. The van der Waals surface area contributed by atoms with E-state index in [-0.39, 0.29) is 0 Å². The lowest BCUT2D eigenvalue weighted by Crippen LogP contribution is -2.30. The molecule has 2 saturated heterocycles. The Hall–Kier alpha value is -0.0800. The third-order valence-electron chi connectivity index (χ3n) is 3.26. The van der Waals surface area contributed by atoms with Crippen molar-refractivity contribution in [1.82, 2.24) is 10.6 Å². The molecular weight excluding hydrogens is 184 g/mol. The maximum atomic E-state index is 3.39. The van der Waals surface area contributed by atoms with Gasteiger partial charge in [-0.3, -0.25) is 0 Å². The summed E-state index contributed by atoms with van der Waals surface area (Å²) in [4.78, 5) is 0. The molecule has 1 unspecified atom stereocenters. The quantitative estimate of drug-likeness (QED) is 0.645. The van der Waals surface area contributed by atoms with Crippen LogP contribution in [0.3, 0.4) is 0 Å². The van der Waals surface area contributed by atoms with Crippen LogP contribution in [0.2, 0.25) is 0 Å². The van der Waals surface area contributed by atoms with Crippen molar-refractivity contribution in [1.29, 1.82) is 0 Å². The largest absolute Gasteiger partial charge is 0.317 e. The number of hydrogen-bond acceptors (Lipinski definition) is 2. The zero-order valence-corrected chi connectivity index (χ0v) is 10.4. The third kappa shape index (κ3) is 7.80. The third-order valence-corrected chi connectivity index (χ3v) is 3.26. The molecule has 0 aliphatic carbocycles. The van der Waals surface area contributed by atoms with Crippen LogP contribution in [0.15, 0.2) is 0 Å². The van der Waals surface area contributed by atoms with E-state index in [2.05, 4.69) is 17.6 Å². The normalized spacial score (nSPS) is 28.2. The highest BCUT2D eigenvalue weighted by Gasteiger charge is 2.04. The molecule has 2 aliphatic heterocycles. The highest BCUT2D eigenvalue weighted by Crippen LogP contribution is 2.04. The molecule has 0 spiro atoms. The standard InChI is InChI=1S/C7H15N.C6H13N/c1-2-4-6-8-7-5-3-1;1-6-4-2-3-5-7-6/h8H,1-7H2;6-7H,2-5H2,1H3. The fourth-order valence-electron chi connectivity index (χ4n) is 2.18. The predicted octanol–water partition coefficient (Wildman–Crippen LogP) is 2.69. The van der Waals surface area contributed by atoms with E-state index in [1.165, 1.54) is 71.0 Å². The predicted molar refractivity (Wildman–Crippen MR) is 67.3 cm³/mol. The van der Waals surface area contributed by atoms with Crippen LogP contribution in [0.5, 0.6) is 0 Å². The number of rotatable bonds is 0. The minimum Gasteiger partial charge on any atom is -0.317 e. The summed E-state index contributed by atoms with van der Waals surface area (Å²) < 4.78 is 0. The van der Waals surface area contributed by atoms with Gasteiger partial charge in [0.15, 0.2) is 0 Å². The van der Waals surface area contributed by atoms with Crippen LogP contribution in [-0.4, -0.2) is 25.7 Å². The van der Waals surface area contributed by atoms with Gasteiger partial charge < -0.3 is 10.6 Å². The van der Waals surface area contributed by atoms with Gasteiger partial charge in [-0.15, -0.1) is 0 Å². The number of piperidine rings is 1. The monoisotopic (exact) mass is 212 g/mol. The fourth-order valence-corrected chi connectivity index (χ4v) is 2.18. The molecule has 2 heteroatoms. The second-order valence-electron chi connectivity index (χ2n) is 4.87. The van der Waals surface area contributed by atoms with Gasteiger partial charge in [-0.05, 0) is 52.2 Å². The highest BCUT2D eigenvalue weighted by molar-refractivity contribution is 4.65. The van der Waals surface area contributed by atoms with Crippen molar-refractivity contribution in [2.24, 2.45) is 0 Å². The summed E-state index contributed by atoms with van der Waals surface area (Å²) in [5.41, 5.74) is 0. The molecule has 0 aromatic heterocycles. The smallest absolute Gasteiger partial charge is 0.00387 e. The van der Waals surface area contributed by atoms with Crippen molar-refractivity contribution in [2.45, 2.75) is 64.3 Å². The summed E-state index contributed by atoms with van der Waals surface area (Å²) in [6.45, 7) is 5.99. The molecule has 0 aromatic carbocycles. The Kier molecular flexibility index (Phi) is 7.94. The van der Waals surface area contributed by atoms with Crippen molar-refractivity contribution in [3.8, 4) is 0 Å². The molecule has 90 valence electrons. The zero-order valence-electron chi connectivity index (χ0n) is 10.4. The maximum Gasteiger partial charge on any atom is 0.00387 e. The molecule has 2 nitrogen and oxygen atoms in total. The van der Waals surface area contributed by atoms with Gasteiger partial charge in [0.1, 0.15) is 0 Å². The van der Waals surface area contributed by atoms with Gasteiger partial charge in [0.2, 0.25) is 0 Å². The first-order valence-corrected chi connectivity index (χ1v) is 6.83. The first kappa shape index (κ1) is 13.0. The van der Waals surface area contributed by atoms with Crippen LogP contribution in [0.25, 0.3) is 0 Å². The van der Waals surface area contributed by atoms with E-state index < -0.39 is 0 Å². The SMILES string of the molecule is C1CCCNCCC1.CC1CCCCN1. The Bertz CT molecular complexity index is 106.